The van der Waals surface area contributed by atoms with Crippen molar-refractivity contribution < 1.29 is 18.3 Å². The van der Waals surface area contributed by atoms with Crippen molar-refractivity contribution in [2.24, 2.45) is 5.10 Å². The van der Waals surface area contributed by atoms with Crippen molar-refractivity contribution in [1.29, 1.82) is 0 Å². The number of amides is 1. The lowest BCUT2D eigenvalue weighted by Crippen LogP contribution is -2.22. The summed E-state index contributed by atoms with van der Waals surface area (Å²) in [6, 6.07) is 7.50. The summed E-state index contributed by atoms with van der Waals surface area (Å²) in [4.78, 5) is 11.5. The monoisotopic (exact) mass is 384 g/mol. The Kier molecular flexibility index (Phi) is 5.17. The molecular formula is C15H10ClFN2O3S2. The first-order valence-corrected chi connectivity index (χ1v) is 8.50. The minimum atomic E-state index is -0.506. The van der Waals surface area contributed by atoms with Gasteiger partial charge >= 0.3 is 0 Å². The van der Waals surface area contributed by atoms with Crippen LogP contribution >= 0.6 is 35.6 Å². The minimum Gasteiger partial charge on any atom is -0.486 e. The van der Waals surface area contributed by atoms with E-state index in [4.69, 9.17) is 33.0 Å². The van der Waals surface area contributed by atoms with E-state index in [0.29, 0.717) is 27.3 Å². The van der Waals surface area contributed by atoms with Gasteiger partial charge in [-0.05, 0) is 24.3 Å². The SMILES string of the molecule is O=C1CSC(=S)N1/N=C\c1ccc(COc2ccc(F)c(Cl)c2)o1. The molecule has 1 fully saturated rings. The molecule has 1 aliphatic rings. The molecule has 0 bridgehead atoms. The highest BCUT2D eigenvalue weighted by atomic mass is 35.5. The number of halogens is 2. The Labute approximate surface area is 151 Å². The number of carbonyl (C=O) groups is 1. The second-order valence-corrected chi connectivity index (χ2v) is 6.69. The molecule has 1 aromatic heterocycles. The summed E-state index contributed by atoms with van der Waals surface area (Å²) in [5.74, 6) is 1.06. The lowest BCUT2D eigenvalue weighted by molar-refractivity contribution is -0.123. The van der Waals surface area contributed by atoms with Crippen LogP contribution in [-0.2, 0) is 11.4 Å². The van der Waals surface area contributed by atoms with Crippen LogP contribution in [0.25, 0.3) is 0 Å². The Balaban J connectivity index is 1.60. The number of thioether (sulfide) groups is 1. The van der Waals surface area contributed by atoms with Crippen LogP contribution in [-0.4, -0.2) is 27.2 Å². The standard InChI is InChI=1S/C15H10ClFN2O3S2/c16-12-5-9(3-4-13(12)17)21-7-11-2-1-10(22-11)6-18-19-14(20)8-24-15(19)23/h1-6H,7-8H2/b18-6-. The fourth-order valence-electron chi connectivity index (χ4n) is 1.84. The zero-order valence-electron chi connectivity index (χ0n) is 12.1. The molecule has 9 heteroatoms. The number of benzene rings is 1. The van der Waals surface area contributed by atoms with Crippen LogP contribution in [0.2, 0.25) is 5.02 Å². The number of furan rings is 1. The van der Waals surface area contributed by atoms with Crippen LogP contribution in [0.5, 0.6) is 5.75 Å². The summed E-state index contributed by atoms with van der Waals surface area (Å²) in [6.45, 7) is 0.146. The Morgan fingerprint density at radius 1 is 1.46 bits per heavy atom. The third-order valence-electron chi connectivity index (χ3n) is 2.98. The summed E-state index contributed by atoms with van der Waals surface area (Å²) < 4.78 is 24.5. The number of hydrazone groups is 1. The number of hydrogen-bond acceptors (Lipinski definition) is 6. The molecular weight excluding hydrogens is 375 g/mol. The van der Waals surface area contributed by atoms with Crippen LogP contribution in [0.1, 0.15) is 11.5 Å². The van der Waals surface area contributed by atoms with Crippen molar-refractivity contribution in [3.63, 3.8) is 0 Å². The molecule has 1 aromatic carbocycles. The summed E-state index contributed by atoms with van der Waals surface area (Å²) >= 11 is 12.0. The molecule has 2 aromatic rings. The Bertz CT molecular complexity index is 809. The third kappa shape index (κ3) is 3.95. The van der Waals surface area contributed by atoms with E-state index >= 15 is 0 Å². The molecule has 0 aliphatic carbocycles. The highest BCUT2D eigenvalue weighted by Gasteiger charge is 2.26. The van der Waals surface area contributed by atoms with Gasteiger partial charge in [0.1, 0.15) is 29.7 Å². The zero-order chi connectivity index (χ0) is 17.1. The van der Waals surface area contributed by atoms with E-state index in [1.165, 1.54) is 41.2 Å². The van der Waals surface area contributed by atoms with E-state index < -0.39 is 5.82 Å². The number of rotatable bonds is 5. The number of thiocarbonyl (C=S) groups is 1. The molecule has 0 unspecified atom stereocenters. The van der Waals surface area contributed by atoms with Crippen LogP contribution in [0, 0.1) is 5.82 Å². The molecule has 124 valence electrons. The van der Waals surface area contributed by atoms with Crippen molar-refractivity contribution >= 4 is 52.0 Å². The van der Waals surface area contributed by atoms with Gasteiger partial charge in [-0.1, -0.05) is 35.6 Å². The maximum Gasteiger partial charge on any atom is 0.259 e. The van der Waals surface area contributed by atoms with Crippen molar-refractivity contribution in [3.05, 3.63) is 52.7 Å². The van der Waals surface area contributed by atoms with Gasteiger partial charge in [0.05, 0.1) is 17.0 Å². The average molecular weight is 385 g/mol. The molecule has 0 saturated carbocycles. The number of hydrogen-bond donors (Lipinski definition) is 0. The van der Waals surface area contributed by atoms with Crippen LogP contribution in [0.15, 0.2) is 39.9 Å². The van der Waals surface area contributed by atoms with Crippen LogP contribution < -0.4 is 4.74 Å². The van der Waals surface area contributed by atoms with E-state index in [0.717, 1.165) is 0 Å². The van der Waals surface area contributed by atoms with Gasteiger partial charge in [-0.3, -0.25) is 4.79 Å². The van der Waals surface area contributed by atoms with Gasteiger partial charge in [-0.15, -0.1) is 0 Å². The van der Waals surface area contributed by atoms with Crippen molar-refractivity contribution in [2.45, 2.75) is 6.61 Å². The zero-order valence-corrected chi connectivity index (χ0v) is 14.5. The fraction of sp³-hybridized carbons (Fsp3) is 0.133. The van der Waals surface area contributed by atoms with Crippen LogP contribution in [0.4, 0.5) is 4.39 Å². The molecule has 24 heavy (non-hydrogen) atoms. The predicted molar refractivity (Wildman–Crippen MR) is 93.9 cm³/mol. The maximum absolute atomic E-state index is 13.1. The smallest absolute Gasteiger partial charge is 0.259 e. The topological polar surface area (TPSA) is 55.0 Å². The normalized spacial score (nSPS) is 14.8. The van der Waals surface area contributed by atoms with Crippen molar-refractivity contribution in [1.82, 2.24) is 5.01 Å². The molecule has 0 N–H and O–H groups in total. The van der Waals surface area contributed by atoms with Gasteiger partial charge in [-0.2, -0.15) is 10.1 Å². The second kappa shape index (κ2) is 7.33. The maximum atomic E-state index is 13.1. The Morgan fingerprint density at radius 2 is 2.29 bits per heavy atom. The van der Waals surface area contributed by atoms with Gasteiger partial charge in [-0.25, -0.2) is 4.39 Å². The predicted octanol–water partition coefficient (Wildman–Crippen LogP) is 3.85. The quantitative estimate of drug-likeness (QED) is 0.579. The summed E-state index contributed by atoms with van der Waals surface area (Å²) in [5, 5.41) is 5.17. The highest BCUT2D eigenvalue weighted by molar-refractivity contribution is 8.23. The van der Waals surface area contributed by atoms with Crippen molar-refractivity contribution in [3.8, 4) is 5.75 Å². The summed E-state index contributed by atoms with van der Waals surface area (Å²) in [7, 11) is 0. The Morgan fingerprint density at radius 3 is 3.00 bits per heavy atom. The fourth-order valence-corrected chi connectivity index (χ4v) is 2.97. The lowest BCUT2D eigenvalue weighted by Gasteiger charge is -2.05. The first-order valence-electron chi connectivity index (χ1n) is 6.73. The van der Waals surface area contributed by atoms with E-state index in [1.54, 1.807) is 12.1 Å². The minimum absolute atomic E-state index is 0.0103. The summed E-state index contributed by atoms with van der Waals surface area (Å²) in [5.41, 5.74) is 0. The van der Waals surface area contributed by atoms with Crippen LogP contribution in [0.3, 0.4) is 0 Å². The lowest BCUT2D eigenvalue weighted by atomic mass is 10.3. The first-order chi connectivity index (χ1) is 11.5. The van der Waals surface area contributed by atoms with E-state index in [1.807, 2.05) is 0 Å². The molecule has 1 aliphatic heterocycles. The third-order valence-corrected chi connectivity index (χ3v) is 4.61. The number of ether oxygens (including phenoxy) is 1. The van der Waals surface area contributed by atoms with Gasteiger partial charge in [0.2, 0.25) is 0 Å². The van der Waals surface area contributed by atoms with Gasteiger partial charge in [0, 0.05) is 6.07 Å². The Hall–Kier alpha value is -1.90. The van der Waals surface area contributed by atoms with E-state index in [-0.39, 0.29) is 17.5 Å². The molecule has 1 saturated heterocycles. The number of carbonyl (C=O) groups excluding carboxylic acids is 1. The van der Waals surface area contributed by atoms with E-state index in [2.05, 4.69) is 5.10 Å². The van der Waals surface area contributed by atoms with Crippen molar-refractivity contribution in [2.75, 3.05) is 5.75 Å². The molecule has 0 spiro atoms. The molecule has 3 rings (SSSR count). The first kappa shape index (κ1) is 16.9. The number of nitrogens with zero attached hydrogens (tertiary/aromatic N) is 2. The highest BCUT2D eigenvalue weighted by Crippen LogP contribution is 2.22. The summed E-state index contributed by atoms with van der Waals surface area (Å²) in [6.07, 6.45) is 1.41. The molecule has 2 heterocycles. The second-order valence-electron chi connectivity index (χ2n) is 4.67. The van der Waals surface area contributed by atoms with Gasteiger partial charge in [0.15, 0.2) is 4.32 Å². The molecule has 5 nitrogen and oxygen atoms in total. The van der Waals surface area contributed by atoms with Gasteiger partial charge < -0.3 is 9.15 Å². The molecule has 1 amide bonds. The average Bonchev–Trinajstić information content (AvgIpc) is 3.14. The van der Waals surface area contributed by atoms with Gasteiger partial charge in [0.25, 0.3) is 5.91 Å². The molecule has 0 radical (unpaired) electrons. The molecule has 0 atom stereocenters. The largest absolute Gasteiger partial charge is 0.486 e. The van der Waals surface area contributed by atoms with E-state index in [9.17, 15) is 9.18 Å².